The molecular formula is C15H19N5O7S. The number of primary amides is 1. The largest absolute Gasteiger partial charge is 0.489 e. The van der Waals surface area contributed by atoms with E-state index < -0.39 is 16.1 Å². The number of hydrogen-bond donors (Lipinski definition) is 2. The number of nitrogens with two attached hydrogens (primary N) is 1. The maximum absolute atomic E-state index is 12.5. The Morgan fingerprint density at radius 3 is 2.25 bits per heavy atom. The van der Waals surface area contributed by atoms with Gasteiger partial charge >= 0.3 is 18.1 Å². The summed E-state index contributed by atoms with van der Waals surface area (Å²) in [5.41, 5.74) is 5.15. The van der Waals surface area contributed by atoms with E-state index in [1.807, 2.05) is 0 Å². The van der Waals surface area contributed by atoms with Gasteiger partial charge in [0.25, 0.3) is 10.0 Å². The highest BCUT2D eigenvalue weighted by Gasteiger charge is 2.26. The minimum Gasteiger partial charge on any atom is -0.489 e. The number of sulfonamides is 1. The van der Waals surface area contributed by atoms with Crippen LogP contribution in [0, 0.1) is 0 Å². The van der Waals surface area contributed by atoms with Crippen molar-refractivity contribution in [3.8, 4) is 29.2 Å². The molecule has 0 saturated heterocycles. The molecule has 1 heterocycles. The van der Waals surface area contributed by atoms with Crippen LogP contribution in [0.4, 0.5) is 4.79 Å². The number of nitrogens with zero attached hydrogens (tertiary/aromatic N) is 3. The Kier molecular flexibility index (Phi) is 6.89. The molecule has 1 aromatic carbocycles. The van der Waals surface area contributed by atoms with Crippen LogP contribution in [0.3, 0.4) is 0 Å². The topological polar surface area (TPSA) is 165 Å². The third kappa shape index (κ3) is 4.95. The summed E-state index contributed by atoms with van der Waals surface area (Å²) in [5.74, 6) is -0.0733. The fourth-order valence-electron chi connectivity index (χ4n) is 2.11. The second-order valence-electron chi connectivity index (χ2n) is 5.08. The summed E-state index contributed by atoms with van der Waals surface area (Å²) in [5, 5.41) is 0. The number of ether oxygens (including phenoxy) is 4. The smallest absolute Gasteiger partial charge is 0.326 e. The number of carbonyl (C=O) groups is 1. The van der Waals surface area contributed by atoms with Gasteiger partial charge in [0, 0.05) is 7.11 Å². The molecule has 28 heavy (non-hydrogen) atoms. The molecule has 0 radical (unpaired) electrons. The first kappa shape index (κ1) is 21.1. The minimum atomic E-state index is -4.31. The van der Waals surface area contributed by atoms with Crippen molar-refractivity contribution >= 4 is 16.1 Å². The van der Waals surface area contributed by atoms with Gasteiger partial charge in [-0.25, -0.2) is 17.9 Å². The molecule has 0 unspecified atom stereocenters. The predicted molar refractivity (Wildman–Crippen MR) is 95.6 cm³/mol. The van der Waals surface area contributed by atoms with E-state index in [0.29, 0.717) is 0 Å². The molecule has 2 rings (SSSR count). The second kappa shape index (κ2) is 9.14. The average Bonchev–Trinajstić information content (AvgIpc) is 2.66. The van der Waals surface area contributed by atoms with Crippen molar-refractivity contribution in [2.24, 2.45) is 5.73 Å². The number of rotatable bonds is 9. The van der Waals surface area contributed by atoms with Gasteiger partial charge in [-0.05, 0) is 12.1 Å². The number of hydrogen-bond acceptors (Lipinski definition) is 10. The first-order chi connectivity index (χ1) is 13.3. The zero-order valence-corrected chi connectivity index (χ0v) is 16.1. The van der Waals surface area contributed by atoms with E-state index in [-0.39, 0.29) is 47.3 Å². The van der Waals surface area contributed by atoms with Crippen molar-refractivity contribution in [2.45, 2.75) is 4.90 Å². The molecule has 2 aromatic rings. The summed E-state index contributed by atoms with van der Waals surface area (Å²) >= 11 is 0. The molecule has 0 bridgehead atoms. The fourth-order valence-corrected chi connectivity index (χ4v) is 3.15. The summed E-state index contributed by atoms with van der Waals surface area (Å²) in [7, 11) is -0.145. The highest BCUT2D eigenvalue weighted by molar-refractivity contribution is 7.90. The highest BCUT2D eigenvalue weighted by Crippen LogP contribution is 2.35. The van der Waals surface area contributed by atoms with E-state index >= 15 is 0 Å². The molecule has 1 aromatic heterocycles. The van der Waals surface area contributed by atoms with Crippen molar-refractivity contribution in [3.63, 3.8) is 0 Å². The van der Waals surface area contributed by atoms with Crippen molar-refractivity contribution < 1.29 is 32.2 Å². The zero-order valence-electron chi connectivity index (χ0n) is 15.3. The first-order valence-electron chi connectivity index (χ1n) is 7.73. The van der Waals surface area contributed by atoms with E-state index in [1.165, 1.54) is 39.5 Å². The van der Waals surface area contributed by atoms with Crippen LogP contribution in [-0.4, -0.2) is 63.9 Å². The normalized spacial score (nSPS) is 11.0. The zero-order chi connectivity index (χ0) is 20.7. The standard InChI is InChI=1S/C15H19N5O7S/c1-24-7-8-27-11-9(12-17-14(25-2)19-15(18-12)26-3)5-4-6-10(11)28(22,23)20-13(16)21/h4-6H,7-8H2,1-3H3,(H3,16,20,21). The van der Waals surface area contributed by atoms with Gasteiger partial charge in [0.2, 0.25) is 0 Å². The minimum absolute atomic E-state index is 0.0198. The van der Waals surface area contributed by atoms with Gasteiger partial charge in [0.15, 0.2) is 11.6 Å². The molecule has 152 valence electrons. The number of methoxy groups -OCH3 is 3. The van der Waals surface area contributed by atoms with Crippen molar-refractivity contribution in [1.29, 1.82) is 0 Å². The van der Waals surface area contributed by atoms with Crippen LogP contribution in [0.1, 0.15) is 0 Å². The maximum Gasteiger partial charge on any atom is 0.326 e. The molecule has 3 N–H and O–H groups in total. The van der Waals surface area contributed by atoms with Gasteiger partial charge in [0.1, 0.15) is 11.5 Å². The molecule has 0 spiro atoms. The molecule has 0 aliphatic heterocycles. The molecule has 0 aliphatic carbocycles. The van der Waals surface area contributed by atoms with Crippen molar-refractivity contribution in [1.82, 2.24) is 19.7 Å². The Morgan fingerprint density at radius 2 is 1.71 bits per heavy atom. The average molecular weight is 413 g/mol. The van der Waals surface area contributed by atoms with Crippen molar-refractivity contribution in [2.75, 3.05) is 34.5 Å². The number of aromatic nitrogens is 3. The Labute approximate surface area is 161 Å². The van der Waals surface area contributed by atoms with E-state index in [1.54, 1.807) is 4.72 Å². The van der Waals surface area contributed by atoms with Crippen LogP contribution in [-0.2, 0) is 14.8 Å². The van der Waals surface area contributed by atoms with Gasteiger partial charge in [-0.15, -0.1) is 4.98 Å². The summed E-state index contributed by atoms with van der Waals surface area (Å²) in [6, 6.07) is 2.86. The van der Waals surface area contributed by atoms with Gasteiger partial charge in [0.05, 0.1) is 26.4 Å². The van der Waals surface area contributed by atoms with Crippen LogP contribution in [0.25, 0.3) is 11.4 Å². The van der Waals surface area contributed by atoms with Crippen LogP contribution < -0.4 is 24.7 Å². The van der Waals surface area contributed by atoms with Crippen LogP contribution in [0.15, 0.2) is 23.1 Å². The number of amides is 2. The number of nitrogens with one attached hydrogen (secondary N) is 1. The Balaban J connectivity index is 2.67. The quantitative estimate of drug-likeness (QED) is 0.532. The highest BCUT2D eigenvalue weighted by atomic mass is 32.2. The molecule has 0 aliphatic rings. The number of benzene rings is 1. The molecule has 12 nitrogen and oxygen atoms in total. The summed E-state index contributed by atoms with van der Waals surface area (Å²) in [4.78, 5) is 22.8. The third-order valence-corrected chi connectivity index (χ3v) is 4.61. The van der Waals surface area contributed by atoms with Crippen LogP contribution >= 0.6 is 0 Å². The lowest BCUT2D eigenvalue weighted by atomic mass is 10.2. The number of para-hydroxylation sites is 1. The molecule has 2 amide bonds. The molecule has 0 atom stereocenters. The monoisotopic (exact) mass is 413 g/mol. The molecule has 13 heteroatoms. The lowest BCUT2D eigenvalue weighted by molar-refractivity contribution is 0.145. The Hall–Kier alpha value is -3.19. The van der Waals surface area contributed by atoms with E-state index in [2.05, 4.69) is 15.0 Å². The Morgan fingerprint density at radius 1 is 1.07 bits per heavy atom. The molecular weight excluding hydrogens is 394 g/mol. The lowest BCUT2D eigenvalue weighted by Gasteiger charge is -2.15. The van der Waals surface area contributed by atoms with E-state index in [9.17, 15) is 13.2 Å². The second-order valence-corrected chi connectivity index (χ2v) is 6.73. The van der Waals surface area contributed by atoms with Gasteiger partial charge in [-0.1, -0.05) is 6.07 Å². The van der Waals surface area contributed by atoms with Crippen molar-refractivity contribution in [3.05, 3.63) is 18.2 Å². The number of urea groups is 1. The van der Waals surface area contributed by atoms with Crippen LogP contribution in [0.5, 0.6) is 17.8 Å². The van der Waals surface area contributed by atoms with Gasteiger partial charge < -0.3 is 24.7 Å². The maximum atomic E-state index is 12.5. The van der Waals surface area contributed by atoms with Crippen LogP contribution in [0.2, 0.25) is 0 Å². The Bertz CT molecular complexity index is 930. The lowest BCUT2D eigenvalue weighted by Crippen LogP contribution is -2.35. The predicted octanol–water partition coefficient (Wildman–Crippen LogP) is -0.0620. The SMILES string of the molecule is COCCOc1c(-c2nc(OC)nc(OC)n2)cccc1S(=O)(=O)NC(N)=O. The molecule has 0 fully saturated rings. The third-order valence-electron chi connectivity index (χ3n) is 3.24. The van der Waals surface area contributed by atoms with Gasteiger partial charge in [-0.3, -0.25) is 0 Å². The summed E-state index contributed by atoms with van der Waals surface area (Å²) in [6.07, 6.45) is 0. The summed E-state index contributed by atoms with van der Waals surface area (Å²) < 4.78 is 47.2. The number of carbonyl (C=O) groups excluding carboxylic acids is 1. The van der Waals surface area contributed by atoms with E-state index in [0.717, 1.165) is 0 Å². The van der Waals surface area contributed by atoms with E-state index in [4.69, 9.17) is 24.7 Å². The van der Waals surface area contributed by atoms with Gasteiger partial charge in [-0.2, -0.15) is 9.97 Å². The first-order valence-corrected chi connectivity index (χ1v) is 9.22. The molecule has 0 saturated carbocycles. The summed E-state index contributed by atoms with van der Waals surface area (Å²) in [6.45, 7) is 0.201. The fraction of sp³-hybridized carbons (Fsp3) is 0.333.